The van der Waals surface area contributed by atoms with Crippen molar-refractivity contribution in [3.05, 3.63) is 41.7 Å². The van der Waals surface area contributed by atoms with Crippen molar-refractivity contribution >= 4 is 21.6 Å². The molecule has 0 aliphatic carbocycles. The Morgan fingerprint density at radius 1 is 1.29 bits per heavy atom. The third kappa shape index (κ3) is 3.11. The lowest BCUT2D eigenvalue weighted by molar-refractivity contribution is 0.102. The highest BCUT2D eigenvalue weighted by atomic mass is 32.2. The maximum Gasteiger partial charge on any atom is 0.273 e. The Labute approximate surface area is 123 Å². The number of rotatable bonds is 4. The van der Waals surface area contributed by atoms with Crippen molar-refractivity contribution in [2.75, 3.05) is 19.4 Å². The summed E-state index contributed by atoms with van der Waals surface area (Å²) in [4.78, 5) is 12.1. The first-order chi connectivity index (χ1) is 9.82. The molecule has 1 aromatic carbocycles. The number of aryl methyl sites for hydroxylation is 1. The van der Waals surface area contributed by atoms with Crippen molar-refractivity contribution in [1.82, 2.24) is 14.5 Å². The number of aromatic amines is 1. The first kappa shape index (κ1) is 15.2. The van der Waals surface area contributed by atoms with Crippen molar-refractivity contribution in [2.24, 2.45) is 0 Å². The molecule has 7 nitrogen and oxygen atoms in total. The highest BCUT2D eigenvalue weighted by Crippen LogP contribution is 2.22. The number of carbonyl (C=O) groups is 1. The normalized spacial score (nSPS) is 11.6. The Morgan fingerprint density at radius 3 is 2.57 bits per heavy atom. The molecule has 0 saturated carbocycles. The summed E-state index contributed by atoms with van der Waals surface area (Å²) in [6.45, 7) is 1.71. The molecule has 0 aliphatic heterocycles. The number of aromatic nitrogens is 2. The fourth-order valence-corrected chi connectivity index (χ4v) is 2.88. The number of H-pyrrole nitrogens is 1. The molecule has 0 fully saturated rings. The molecule has 1 amide bonds. The van der Waals surface area contributed by atoms with E-state index >= 15 is 0 Å². The molecular formula is C13H16N4O3S. The van der Waals surface area contributed by atoms with Gasteiger partial charge in [-0.15, -0.1) is 0 Å². The van der Waals surface area contributed by atoms with Crippen LogP contribution in [0.1, 0.15) is 16.1 Å². The van der Waals surface area contributed by atoms with Crippen LogP contribution in [-0.4, -0.2) is 42.9 Å². The largest absolute Gasteiger partial charge is 0.321 e. The van der Waals surface area contributed by atoms with Gasteiger partial charge in [0.05, 0.1) is 4.90 Å². The van der Waals surface area contributed by atoms with Gasteiger partial charge in [0.1, 0.15) is 5.69 Å². The molecule has 2 rings (SSSR count). The molecule has 112 valence electrons. The number of hydrogen-bond donors (Lipinski definition) is 2. The number of amides is 1. The summed E-state index contributed by atoms with van der Waals surface area (Å²) < 4.78 is 25.6. The van der Waals surface area contributed by atoms with Gasteiger partial charge in [-0.2, -0.15) is 5.10 Å². The molecule has 1 heterocycles. The number of sulfonamides is 1. The van der Waals surface area contributed by atoms with Crippen LogP contribution in [0.5, 0.6) is 0 Å². The molecule has 0 radical (unpaired) electrons. The third-order valence-corrected chi connectivity index (χ3v) is 4.91. The number of nitrogens with zero attached hydrogens (tertiary/aromatic N) is 2. The zero-order chi connectivity index (χ0) is 15.6. The minimum absolute atomic E-state index is 0.162. The summed E-state index contributed by atoms with van der Waals surface area (Å²) in [5.74, 6) is -0.385. The van der Waals surface area contributed by atoms with Crippen LogP contribution in [-0.2, 0) is 10.0 Å². The Bertz CT molecular complexity index is 752. The lowest BCUT2D eigenvalue weighted by Crippen LogP contribution is -2.23. The van der Waals surface area contributed by atoms with E-state index in [-0.39, 0.29) is 10.8 Å². The first-order valence-electron chi connectivity index (χ1n) is 6.16. The van der Waals surface area contributed by atoms with Crippen LogP contribution < -0.4 is 5.32 Å². The van der Waals surface area contributed by atoms with Gasteiger partial charge in [-0.3, -0.25) is 9.89 Å². The van der Waals surface area contributed by atoms with Gasteiger partial charge in [0.25, 0.3) is 5.91 Å². The molecule has 0 unspecified atom stereocenters. The second kappa shape index (κ2) is 5.66. The fourth-order valence-electron chi connectivity index (χ4n) is 1.73. The first-order valence-corrected chi connectivity index (χ1v) is 7.60. The van der Waals surface area contributed by atoms with Gasteiger partial charge >= 0.3 is 0 Å². The molecule has 2 aromatic rings. The second-order valence-electron chi connectivity index (χ2n) is 4.69. The van der Waals surface area contributed by atoms with Crippen molar-refractivity contribution in [3.63, 3.8) is 0 Å². The van der Waals surface area contributed by atoms with Crippen LogP contribution in [0, 0.1) is 6.92 Å². The van der Waals surface area contributed by atoms with Gasteiger partial charge < -0.3 is 5.32 Å². The van der Waals surface area contributed by atoms with Gasteiger partial charge in [-0.25, -0.2) is 12.7 Å². The highest BCUT2D eigenvalue weighted by Gasteiger charge is 2.20. The maximum absolute atomic E-state index is 12.2. The fraction of sp³-hybridized carbons (Fsp3) is 0.231. The van der Waals surface area contributed by atoms with Crippen molar-refractivity contribution in [1.29, 1.82) is 0 Å². The van der Waals surface area contributed by atoms with E-state index in [0.717, 1.165) is 4.31 Å². The van der Waals surface area contributed by atoms with Gasteiger partial charge in [-0.1, -0.05) is 6.07 Å². The summed E-state index contributed by atoms with van der Waals surface area (Å²) in [6.07, 6.45) is 1.46. The molecule has 0 bridgehead atoms. The molecule has 1 aromatic heterocycles. The van der Waals surface area contributed by atoms with E-state index in [1.165, 1.54) is 32.4 Å². The van der Waals surface area contributed by atoms with E-state index < -0.39 is 10.0 Å². The molecule has 2 N–H and O–H groups in total. The molecule has 0 spiro atoms. The summed E-state index contributed by atoms with van der Waals surface area (Å²) in [5.41, 5.74) is 1.32. The predicted molar refractivity (Wildman–Crippen MR) is 78.6 cm³/mol. The van der Waals surface area contributed by atoms with Crippen LogP contribution in [0.3, 0.4) is 0 Å². The number of nitrogens with one attached hydrogen (secondary N) is 2. The second-order valence-corrected chi connectivity index (χ2v) is 6.81. The van der Waals surface area contributed by atoms with E-state index in [1.54, 1.807) is 19.1 Å². The van der Waals surface area contributed by atoms with Gasteiger partial charge in [0, 0.05) is 26.0 Å². The predicted octanol–water partition coefficient (Wildman–Crippen LogP) is 1.22. The van der Waals surface area contributed by atoms with Crippen LogP contribution in [0.4, 0.5) is 5.69 Å². The minimum Gasteiger partial charge on any atom is -0.321 e. The van der Waals surface area contributed by atoms with Crippen LogP contribution in [0.25, 0.3) is 0 Å². The monoisotopic (exact) mass is 308 g/mol. The highest BCUT2D eigenvalue weighted by molar-refractivity contribution is 7.89. The quantitative estimate of drug-likeness (QED) is 0.888. The van der Waals surface area contributed by atoms with Crippen LogP contribution in [0.15, 0.2) is 35.4 Å². The summed E-state index contributed by atoms with van der Waals surface area (Å²) in [5, 5.41) is 8.86. The van der Waals surface area contributed by atoms with E-state index in [0.29, 0.717) is 16.9 Å². The molecular weight excluding hydrogens is 292 g/mol. The Hall–Kier alpha value is -2.19. The average Bonchev–Trinajstić information content (AvgIpc) is 2.94. The third-order valence-electron chi connectivity index (χ3n) is 2.95. The molecule has 0 saturated heterocycles. The molecule has 8 heteroatoms. The summed E-state index contributed by atoms with van der Waals surface area (Å²) >= 11 is 0. The van der Waals surface area contributed by atoms with Crippen LogP contribution >= 0.6 is 0 Å². The van der Waals surface area contributed by atoms with Crippen molar-refractivity contribution in [2.45, 2.75) is 11.8 Å². The smallest absolute Gasteiger partial charge is 0.273 e. The van der Waals surface area contributed by atoms with Gasteiger partial charge in [-0.05, 0) is 30.7 Å². The van der Waals surface area contributed by atoms with E-state index in [2.05, 4.69) is 15.5 Å². The lowest BCUT2D eigenvalue weighted by atomic mass is 10.2. The number of carbonyl (C=O) groups excluding carboxylic acids is 1. The minimum atomic E-state index is -3.56. The zero-order valence-corrected chi connectivity index (χ0v) is 12.7. The summed E-state index contributed by atoms with van der Waals surface area (Å²) in [7, 11) is -0.632. The van der Waals surface area contributed by atoms with E-state index in [4.69, 9.17) is 0 Å². The maximum atomic E-state index is 12.2. The SMILES string of the molecule is Cc1ccc(NC(=O)c2ccn[nH]2)cc1S(=O)(=O)N(C)C. The lowest BCUT2D eigenvalue weighted by Gasteiger charge is -2.15. The Balaban J connectivity index is 2.34. The van der Waals surface area contributed by atoms with Gasteiger partial charge in [0.2, 0.25) is 10.0 Å². The number of benzene rings is 1. The van der Waals surface area contributed by atoms with Crippen molar-refractivity contribution in [3.8, 4) is 0 Å². The zero-order valence-electron chi connectivity index (χ0n) is 11.9. The topological polar surface area (TPSA) is 95.2 Å². The van der Waals surface area contributed by atoms with E-state index in [9.17, 15) is 13.2 Å². The van der Waals surface area contributed by atoms with E-state index in [1.807, 2.05) is 0 Å². The van der Waals surface area contributed by atoms with Crippen LogP contribution in [0.2, 0.25) is 0 Å². The molecule has 21 heavy (non-hydrogen) atoms. The summed E-state index contributed by atoms with van der Waals surface area (Å²) in [6, 6.07) is 6.27. The number of hydrogen-bond acceptors (Lipinski definition) is 4. The van der Waals surface area contributed by atoms with Crippen molar-refractivity contribution < 1.29 is 13.2 Å². The average molecular weight is 308 g/mol. The van der Waals surface area contributed by atoms with Gasteiger partial charge in [0.15, 0.2) is 0 Å². The number of anilines is 1. The Kier molecular flexibility index (Phi) is 4.10. The molecule has 0 atom stereocenters. The molecule has 0 aliphatic rings. The standard InChI is InChI=1S/C13H16N4O3S/c1-9-4-5-10(8-12(9)21(19,20)17(2)3)15-13(18)11-6-7-14-16-11/h4-8H,1-3H3,(H,14,16)(H,15,18). The Morgan fingerprint density at radius 2 is 2.00 bits per heavy atom.